The number of amides is 3. The third kappa shape index (κ3) is 1.51. The van der Waals surface area contributed by atoms with Crippen molar-refractivity contribution >= 4 is 12.1 Å². The zero-order valence-electron chi connectivity index (χ0n) is 9.76. The molecule has 5 heteroatoms. The van der Waals surface area contributed by atoms with Gasteiger partial charge in [0.25, 0.3) is 0 Å². The molecule has 0 aromatic rings. The first-order valence-electron chi connectivity index (χ1n) is 6.33. The van der Waals surface area contributed by atoms with E-state index in [4.69, 9.17) is 5.73 Å². The van der Waals surface area contributed by atoms with Gasteiger partial charge in [-0.2, -0.15) is 0 Å². The molecule has 3 amide bonds. The summed E-state index contributed by atoms with van der Waals surface area (Å²) in [5, 5.41) is 9.23. The maximum absolute atomic E-state index is 11.4. The van der Waals surface area contributed by atoms with Gasteiger partial charge in [-0.25, -0.2) is 14.5 Å². The SMILES string of the molecule is NC(=O)N(C(=O)O)C12CC3CC(CC(C3)C1)C2. The van der Waals surface area contributed by atoms with E-state index in [9.17, 15) is 14.7 Å². The van der Waals surface area contributed by atoms with E-state index in [2.05, 4.69) is 0 Å². The highest BCUT2D eigenvalue weighted by atomic mass is 16.4. The molecule has 17 heavy (non-hydrogen) atoms. The van der Waals surface area contributed by atoms with Crippen LogP contribution in [0.5, 0.6) is 0 Å². The average molecular weight is 238 g/mol. The number of rotatable bonds is 1. The van der Waals surface area contributed by atoms with Crippen molar-refractivity contribution in [1.82, 2.24) is 4.90 Å². The number of carbonyl (C=O) groups is 2. The standard InChI is InChI=1S/C12H18N2O3/c13-10(15)14(11(16)17)12-4-7-1-8(5-12)3-9(2-7)6-12/h7-9H,1-6H2,(H2,13,15)(H,16,17). The lowest BCUT2D eigenvalue weighted by atomic mass is 9.52. The van der Waals surface area contributed by atoms with Gasteiger partial charge in [0.15, 0.2) is 0 Å². The third-order valence-corrected chi connectivity index (χ3v) is 4.89. The second-order valence-electron chi connectivity index (χ2n) is 6.10. The third-order valence-electron chi connectivity index (χ3n) is 4.89. The highest BCUT2D eigenvalue weighted by molar-refractivity contribution is 5.90. The van der Waals surface area contributed by atoms with E-state index in [0.29, 0.717) is 17.8 Å². The molecule has 0 aliphatic heterocycles. The number of imide groups is 1. The molecule has 4 bridgehead atoms. The van der Waals surface area contributed by atoms with Gasteiger partial charge in [0, 0.05) is 0 Å². The topological polar surface area (TPSA) is 83.6 Å². The Morgan fingerprint density at radius 3 is 1.76 bits per heavy atom. The summed E-state index contributed by atoms with van der Waals surface area (Å²) in [6.07, 6.45) is 4.94. The lowest BCUT2D eigenvalue weighted by Crippen LogP contribution is -2.64. The number of nitrogens with two attached hydrogens (primary N) is 1. The number of nitrogens with zero attached hydrogens (tertiary/aromatic N) is 1. The minimum absolute atomic E-state index is 0.480. The molecular weight excluding hydrogens is 220 g/mol. The van der Waals surface area contributed by atoms with Crippen LogP contribution >= 0.6 is 0 Å². The van der Waals surface area contributed by atoms with Gasteiger partial charge in [0.2, 0.25) is 0 Å². The van der Waals surface area contributed by atoms with Crippen LogP contribution in [0.2, 0.25) is 0 Å². The van der Waals surface area contributed by atoms with Gasteiger partial charge in [-0.3, -0.25) is 0 Å². The normalized spacial score (nSPS) is 42.5. The van der Waals surface area contributed by atoms with Gasteiger partial charge in [-0.1, -0.05) is 0 Å². The van der Waals surface area contributed by atoms with Crippen LogP contribution in [0.1, 0.15) is 38.5 Å². The Kier molecular flexibility index (Phi) is 2.15. The average Bonchev–Trinajstić information content (AvgIpc) is 2.11. The molecule has 4 rings (SSSR count). The number of hydrogen-bond donors (Lipinski definition) is 2. The van der Waals surface area contributed by atoms with Gasteiger partial charge in [-0.15, -0.1) is 0 Å². The lowest BCUT2D eigenvalue weighted by molar-refractivity contribution is -0.0604. The van der Waals surface area contributed by atoms with E-state index >= 15 is 0 Å². The number of carboxylic acid groups (broad SMARTS) is 1. The summed E-state index contributed by atoms with van der Waals surface area (Å²) in [6.45, 7) is 0. The van der Waals surface area contributed by atoms with E-state index in [1.807, 2.05) is 0 Å². The molecule has 4 fully saturated rings. The van der Waals surface area contributed by atoms with Crippen LogP contribution in [0.4, 0.5) is 9.59 Å². The summed E-state index contributed by atoms with van der Waals surface area (Å²) in [5.41, 5.74) is 4.79. The minimum Gasteiger partial charge on any atom is -0.465 e. The minimum atomic E-state index is -1.18. The van der Waals surface area contributed by atoms with E-state index in [0.717, 1.165) is 24.2 Å². The molecule has 0 heterocycles. The lowest BCUT2D eigenvalue weighted by Gasteiger charge is -2.58. The maximum atomic E-state index is 11.4. The van der Waals surface area contributed by atoms with Gasteiger partial charge in [0.1, 0.15) is 0 Å². The number of carbonyl (C=O) groups excluding carboxylic acids is 1. The Morgan fingerprint density at radius 2 is 1.47 bits per heavy atom. The highest BCUT2D eigenvalue weighted by Gasteiger charge is 2.56. The number of hydrogen-bond acceptors (Lipinski definition) is 2. The van der Waals surface area contributed by atoms with Crippen molar-refractivity contribution in [3.63, 3.8) is 0 Å². The molecule has 0 aromatic carbocycles. The highest BCUT2D eigenvalue weighted by Crippen LogP contribution is 2.57. The summed E-state index contributed by atoms with van der Waals surface area (Å²) >= 11 is 0. The molecule has 3 N–H and O–H groups in total. The van der Waals surface area contributed by atoms with Crippen molar-refractivity contribution in [2.24, 2.45) is 23.5 Å². The molecule has 0 unspecified atom stereocenters. The van der Waals surface area contributed by atoms with E-state index in [1.54, 1.807) is 0 Å². The first-order chi connectivity index (χ1) is 8.00. The van der Waals surface area contributed by atoms with Gasteiger partial charge in [-0.05, 0) is 56.3 Å². The maximum Gasteiger partial charge on any atom is 0.416 e. The second kappa shape index (κ2) is 3.37. The zero-order valence-corrected chi connectivity index (χ0v) is 9.76. The number of primary amides is 1. The van der Waals surface area contributed by atoms with Crippen molar-refractivity contribution in [2.45, 2.75) is 44.1 Å². The molecule has 0 spiro atoms. The molecule has 0 aromatic heterocycles. The first-order valence-corrected chi connectivity index (χ1v) is 6.33. The molecule has 0 atom stereocenters. The molecular formula is C12H18N2O3. The molecule has 5 nitrogen and oxygen atoms in total. The summed E-state index contributed by atoms with van der Waals surface area (Å²) < 4.78 is 0. The van der Waals surface area contributed by atoms with E-state index < -0.39 is 17.7 Å². The van der Waals surface area contributed by atoms with Crippen LogP contribution in [0.15, 0.2) is 0 Å². The van der Waals surface area contributed by atoms with Crippen LogP contribution in [0.3, 0.4) is 0 Å². The number of urea groups is 1. The fourth-order valence-electron chi connectivity index (χ4n) is 4.87. The Balaban J connectivity index is 1.95. The Morgan fingerprint density at radius 1 is 1.06 bits per heavy atom. The quantitative estimate of drug-likeness (QED) is 0.733. The van der Waals surface area contributed by atoms with Crippen LogP contribution < -0.4 is 5.73 Å². The Labute approximate surface area is 100.0 Å². The van der Waals surface area contributed by atoms with Crippen molar-refractivity contribution in [3.05, 3.63) is 0 Å². The molecule has 4 saturated carbocycles. The van der Waals surface area contributed by atoms with Crippen molar-refractivity contribution < 1.29 is 14.7 Å². The monoisotopic (exact) mass is 238 g/mol. The predicted octanol–water partition coefficient (Wildman–Crippen LogP) is 2.01. The summed E-state index contributed by atoms with van der Waals surface area (Å²) in [4.78, 5) is 23.6. The van der Waals surface area contributed by atoms with Crippen molar-refractivity contribution in [1.29, 1.82) is 0 Å². The molecule has 0 radical (unpaired) electrons. The molecule has 0 saturated heterocycles. The summed E-state index contributed by atoms with van der Waals surface area (Å²) in [7, 11) is 0. The Hall–Kier alpha value is -1.26. The van der Waals surface area contributed by atoms with Crippen LogP contribution in [0.25, 0.3) is 0 Å². The van der Waals surface area contributed by atoms with E-state index in [1.165, 1.54) is 19.3 Å². The largest absolute Gasteiger partial charge is 0.465 e. The fraction of sp³-hybridized carbons (Fsp3) is 0.833. The van der Waals surface area contributed by atoms with Crippen molar-refractivity contribution in [3.8, 4) is 0 Å². The summed E-state index contributed by atoms with van der Waals surface area (Å²) in [5.74, 6) is 1.80. The molecule has 4 aliphatic rings. The van der Waals surface area contributed by atoms with Crippen LogP contribution in [-0.4, -0.2) is 27.7 Å². The van der Waals surface area contributed by atoms with Gasteiger partial charge >= 0.3 is 12.1 Å². The first kappa shape index (κ1) is 10.9. The fourth-order valence-corrected chi connectivity index (χ4v) is 4.87. The molecule has 94 valence electrons. The predicted molar refractivity (Wildman–Crippen MR) is 60.4 cm³/mol. The second-order valence-corrected chi connectivity index (χ2v) is 6.10. The summed E-state index contributed by atoms with van der Waals surface area (Å²) in [6, 6.07) is -0.806. The van der Waals surface area contributed by atoms with E-state index in [-0.39, 0.29) is 0 Å². The van der Waals surface area contributed by atoms with Crippen LogP contribution in [0, 0.1) is 17.8 Å². The zero-order chi connectivity index (χ0) is 12.2. The van der Waals surface area contributed by atoms with Crippen LogP contribution in [-0.2, 0) is 0 Å². The smallest absolute Gasteiger partial charge is 0.416 e. The van der Waals surface area contributed by atoms with Crippen molar-refractivity contribution in [2.75, 3.05) is 0 Å². The Bertz CT molecular complexity index is 331. The molecule has 4 aliphatic carbocycles. The van der Waals surface area contributed by atoms with Gasteiger partial charge < -0.3 is 10.8 Å². The van der Waals surface area contributed by atoms with Gasteiger partial charge in [0.05, 0.1) is 5.54 Å².